The fourth-order valence-corrected chi connectivity index (χ4v) is 1.41. The second kappa shape index (κ2) is 6.27. The van der Waals surface area contributed by atoms with Crippen LogP contribution in [0, 0.1) is 15.9 Å². The summed E-state index contributed by atoms with van der Waals surface area (Å²) in [5, 5.41) is 23.2. The van der Waals surface area contributed by atoms with Gasteiger partial charge < -0.3 is 10.4 Å². The molecule has 94 valence electrons. The van der Waals surface area contributed by atoms with Gasteiger partial charge in [0.15, 0.2) is 0 Å². The van der Waals surface area contributed by atoms with Gasteiger partial charge in [-0.05, 0) is 24.6 Å². The molecule has 1 unspecified atom stereocenters. The van der Waals surface area contributed by atoms with Crippen LogP contribution in [0.4, 0.5) is 10.1 Å². The molecule has 0 aromatic heterocycles. The van der Waals surface area contributed by atoms with Gasteiger partial charge in [-0.1, -0.05) is 13.0 Å². The third kappa shape index (κ3) is 3.76. The molecule has 6 heteroatoms. The summed E-state index contributed by atoms with van der Waals surface area (Å²) in [7, 11) is 0. The molecule has 0 fully saturated rings. The smallest absolute Gasteiger partial charge is 0.305 e. The van der Waals surface area contributed by atoms with Gasteiger partial charge in [-0.3, -0.25) is 10.1 Å². The highest BCUT2D eigenvalue weighted by molar-refractivity contribution is 5.37. The lowest BCUT2D eigenvalue weighted by atomic mass is 10.1. The maximum absolute atomic E-state index is 13.1. The summed E-state index contributed by atoms with van der Waals surface area (Å²) >= 11 is 0. The third-order valence-electron chi connectivity index (χ3n) is 2.32. The number of rotatable bonds is 6. The van der Waals surface area contributed by atoms with Crippen molar-refractivity contribution >= 4 is 5.69 Å². The van der Waals surface area contributed by atoms with Crippen molar-refractivity contribution in [1.82, 2.24) is 5.32 Å². The monoisotopic (exact) mass is 242 g/mol. The number of nitro groups is 1. The van der Waals surface area contributed by atoms with Crippen LogP contribution in [-0.2, 0) is 0 Å². The average molecular weight is 242 g/mol. The van der Waals surface area contributed by atoms with E-state index in [1.807, 2.05) is 6.92 Å². The van der Waals surface area contributed by atoms with Crippen molar-refractivity contribution < 1.29 is 14.4 Å². The Kier molecular flexibility index (Phi) is 4.99. The molecule has 0 amide bonds. The zero-order valence-corrected chi connectivity index (χ0v) is 9.52. The number of aliphatic hydroxyl groups is 1. The van der Waals surface area contributed by atoms with Crippen molar-refractivity contribution in [3.05, 3.63) is 39.7 Å². The molecule has 0 aliphatic heterocycles. The Balaban J connectivity index is 2.77. The van der Waals surface area contributed by atoms with Gasteiger partial charge in [0.1, 0.15) is 0 Å². The van der Waals surface area contributed by atoms with Gasteiger partial charge in [0.25, 0.3) is 0 Å². The Morgan fingerprint density at radius 2 is 2.29 bits per heavy atom. The van der Waals surface area contributed by atoms with E-state index in [4.69, 9.17) is 0 Å². The number of hydrogen-bond acceptors (Lipinski definition) is 4. The molecule has 1 aromatic carbocycles. The summed E-state index contributed by atoms with van der Waals surface area (Å²) in [6.07, 6.45) is 0.0527. The van der Waals surface area contributed by atoms with Gasteiger partial charge in [0, 0.05) is 12.6 Å². The molecule has 1 atom stereocenters. The van der Waals surface area contributed by atoms with E-state index in [-0.39, 0.29) is 6.54 Å². The van der Waals surface area contributed by atoms with Gasteiger partial charge in [0.05, 0.1) is 11.0 Å². The number of nitrogens with one attached hydrogen (secondary N) is 1. The summed E-state index contributed by atoms with van der Waals surface area (Å²) in [4.78, 5) is 9.72. The molecule has 0 heterocycles. The molecule has 0 saturated carbocycles. The Labute approximate surface area is 98.4 Å². The number of halogens is 1. The predicted molar refractivity (Wildman–Crippen MR) is 61.2 cm³/mol. The van der Waals surface area contributed by atoms with Crippen molar-refractivity contribution in [2.45, 2.75) is 19.4 Å². The fraction of sp³-hybridized carbons (Fsp3) is 0.455. The Morgan fingerprint density at radius 3 is 2.88 bits per heavy atom. The largest absolute Gasteiger partial charge is 0.387 e. The molecule has 17 heavy (non-hydrogen) atoms. The quantitative estimate of drug-likeness (QED) is 0.453. The minimum Gasteiger partial charge on any atom is -0.387 e. The molecule has 0 saturated heterocycles. The Hall–Kier alpha value is -1.53. The van der Waals surface area contributed by atoms with Gasteiger partial charge in [-0.15, -0.1) is 0 Å². The van der Waals surface area contributed by atoms with Gasteiger partial charge in [0.2, 0.25) is 5.82 Å². The molecular weight excluding hydrogens is 227 g/mol. The molecular formula is C11H15FN2O3. The molecule has 1 rings (SSSR count). The normalized spacial score (nSPS) is 12.4. The maximum atomic E-state index is 13.1. The molecule has 5 nitrogen and oxygen atoms in total. The maximum Gasteiger partial charge on any atom is 0.305 e. The number of aliphatic hydroxyl groups excluding tert-OH is 1. The second-order valence-corrected chi connectivity index (χ2v) is 3.69. The Bertz CT molecular complexity index is 398. The highest BCUT2D eigenvalue weighted by atomic mass is 19.1. The van der Waals surface area contributed by atoms with Gasteiger partial charge >= 0.3 is 5.69 Å². The lowest BCUT2D eigenvalue weighted by molar-refractivity contribution is -0.387. The summed E-state index contributed by atoms with van der Waals surface area (Å²) in [5.41, 5.74) is -0.279. The lowest BCUT2D eigenvalue weighted by Crippen LogP contribution is -2.22. The topological polar surface area (TPSA) is 75.4 Å². The van der Waals surface area contributed by atoms with E-state index in [0.717, 1.165) is 25.1 Å². The standard InChI is InChI=1S/C11H15FN2O3/c1-2-5-13-7-11(15)8-3-4-9(12)10(6-8)14(16)17/h3-4,6,11,13,15H,2,5,7H2,1H3. The zero-order chi connectivity index (χ0) is 12.8. The first-order valence-corrected chi connectivity index (χ1v) is 5.39. The van der Waals surface area contributed by atoms with Crippen molar-refractivity contribution in [2.24, 2.45) is 0 Å². The van der Waals surface area contributed by atoms with Crippen molar-refractivity contribution in [3.63, 3.8) is 0 Å². The third-order valence-corrected chi connectivity index (χ3v) is 2.32. The summed E-state index contributed by atoms with van der Waals surface area (Å²) < 4.78 is 13.1. The van der Waals surface area contributed by atoms with E-state index in [9.17, 15) is 19.6 Å². The van der Waals surface area contributed by atoms with Crippen LogP contribution in [0.15, 0.2) is 18.2 Å². The number of nitrogens with zero attached hydrogens (tertiary/aromatic N) is 1. The van der Waals surface area contributed by atoms with Crippen LogP contribution < -0.4 is 5.32 Å². The van der Waals surface area contributed by atoms with Crippen molar-refractivity contribution in [3.8, 4) is 0 Å². The van der Waals surface area contributed by atoms with Gasteiger partial charge in [-0.2, -0.15) is 4.39 Å². The number of nitro benzene ring substituents is 1. The van der Waals surface area contributed by atoms with Crippen LogP contribution in [0.2, 0.25) is 0 Å². The van der Waals surface area contributed by atoms with Gasteiger partial charge in [-0.25, -0.2) is 0 Å². The van der Waals surface area contributed by atoms with E-state index in [1.54, 1.807) is 0 Å². The molecule has 0 bridgehead atoms. The van der Waals surface area contributed by atoms with Crippen molar-refractivity contribution in [1.29, 1.82) is 0 Å². The fourth-order valence-electron chi connectivity index (χ4n) is 1.41. The Morgan fingerprint density at radius 1 is 1.59 bits per heavy atom. The SMILES string of the molecule is CCCNCC(O)c1ccc(F)c([N+](=O)[O-])c1. The zero-order valence-electron chi connectivity index (χ0n) is 9.52. The molecule has 0 spiro atoms. The van der Waals surface area contributed by atoms with Crippen LogP contribution in [-0.4, -0.2) is 23.1 Å². The summed E-state index contributed by atoms with van der Waals surface area (Å²) in [6, 6.07) is 3.41. The first kappa shape index (κ1) is 13.5. The summed E-state index contributed by atoms with van der Waals surface area (Å²) in [5.74, 6) is -0.896. The minimum absolute atomic E-state index is 0.288. The molecule has 0 aliphatic rings. The second-order valence-electron chi connectivity index (χ2n) is 3.69. The molecule has 2 N–H and O–H groups in total. The summed E-state index contributed by atoms with van der Waals surface area (Å²) in [6.45, 7) is 3.03. The molecule has 0 radical (unpaired) electrons. The van der Waals surface area contributed by atoms with Crippen LogP contribution in [0.3, 0.4) is 0 Å². The average Bonchev–Trinajstić information content (AvgIpc) is 2.29. The van der Waals surface area contributed by atoms with E-state index in [0.29, 0.717) is 5.56 Å². The number of benzene rings is 1. The highest BCUT2D eigenvalue weighted by Gasteiger charge is 2.17. The van der Waals surface area contributed by atoms with Crippen molar-refractivity contribution in [2.75, 3.05) is 13.1 Å². The lowest BCUT2D eigenvalue weighted by Gasteiger charge is -2.11. The number of hydrogen-bond donors (Lipinski definition) is 2. The van der Waals surface area contributed by atoms with E-state index in [1.165, 1.54) is 6.07 Å². The van der Waals surface area contributed by atoms with E-state index in [2.05, 4.69) is 5.32 Å². The van der Waals surface area contributed by atoms with Crippen LogP contribution in [0.1, 0.15) is 25.0 Å². The highest BCUT2D eigenvalue weighted by Crippen LogP contribution is 2.22. The molecule has 0 aliphatic carbocycles. The van der Waals surface area contributed by atoms with Crippen LogP contribution >= 0.6 is 0 Å². The van der Waals surface area contributed by atoms with Crippen LogP contribution in [0.5, 0.6) is 0 Å². The minimum atomic E-state index is -0.896. The first-order valence-electron chi connectivity index (χ1n) is 5.39. The first-order chi connectivity index (χ1) is 8.06. The molecule has 1 aromatic rings. The van der Waals surface area contributed by atoms with E-state index < -0.39 is 22.5 Å². The van der Waals surface area contributed by atoms with Crippen LogP contribution in [0.25, 0.3) is 0 Å². The van der Waals surface area contributed by atoms with E-state index >= 15 is 0 Å². The predicted octanol–water partition coefficient (Wildman–Crippen LogP) is 1.77.